The van der Waals surface area contributed by atoms with E-state index in [-0.39, 0.29) is 0 Å². The molecule has 0 aliphatic heterocycles. The van der Waals surface area contributed by atoms with Gasteiger partial charge in [0.2, 0.25) is 0 Å². The molecule has 0 bridgehead atoms. The molecule has 2 heterocycles. The van der Waals surface area contributed by atoms with Gasteiger partial charge in [0, 0.05) is 6.54 Å². The summed E-state index contributed by atoms with van der Waals surface area (Å²) in [5.74, 6) is 3.53. The minimum atomic E-state index is 0.428. The molecule has 7 nitrogen and oxygen atoms in total. The molecule has 2 aromatic heterocycles. The van der Waals surface area contributed by atoms with Gasteiger partial charge in [-0.25, -0.2) is 0 Å². The quantitative estimate of drug-likeness (QED) is 0.712. The van der Waals surface area contributed by atoms with Crippen molar-refractivity contribution in [3.63, 3.8) is 0 Å². The average Bonchev–Trinajstić information content (AvgIpc) is 3.00. The Kier molecular flexibility index (Phi) is 5.02. The second-order valence-electron chi connectivity index (χ2n) is 6.12. The molecule has 0 aliphatic carbocycles. The summed E-state index contributed by atoms with van der Waals surface area (Å²) in [7, 11) is 3.30. The summed E-state index contributed by atoms with van der Waals surface area (Å²) in [5.41, 5.74) is 1.96. The van der Waals surface area contributed by atoms with Crippen molar-refractivity contribution < 1.29 is 9.47 Å². The third-order valence-corrected chi connectivity index (χ3v) is 4.08. The van der Waals surface area contributed by atoms with Gasteiger partial charge < -0.3 is 14.8 Å². The van der Waals surface area contributed by atoms with E-state index in [1.54, 1.807) is 18.7 Å². The first-order valence-corrected chi connectivity index (χ1v) is 8.24. The van der Waals surface area contributed by atoms with Gasteiger partial charge in [-0.15, -0.1) is 15.3 Å². The van der Waals surface area contributed by atoms with Crippen molar-refractivity contribution in [1.82, 2.24) is 19.8 Å². The smallest absolute Gasteiger partial charge is 0.178 e. The van der Waals surface area contributed by atoms with Gasteiger partial charge in [-0.2, -0.15) is 4.52 Å². The summed E-state index contributed by atoms with van der Waals surface area (Å²) in [6, 6.07) is 9.88. The number of fused-ring (bicyclic) bond motifs is 1. The first-order chi connectivity index (χ1) is 12.1. The van der Waals surface area contributed by atoms with E-state index in [9.17, 15) is 0 Å². The molecule has 0 spiro atoms. The zero-order valence-electron chi connectivity index (χ0n) is 15.0. The maximum Gasteiger partial charge on any atom is 0.178 e. The van der Waals surface area contributed by atoms with Crippen molar-refractivity contribution in [2.45, 2.75) is 20.3 Å². The van der Waals surface area contributed by atoms with Crippen molar-refractivity contribution in [3.8, 4) is 11.5 Å². The fourth-order valence-corrected chi connectivity index (χ4v) is 2.75. The summed E-state index contributed by atoms with van der Waals surface area (Å²) in [4.78, 5) is 0. The standard InChI is InChI=1S/C18H23N5O2/c1-12(9-14-5-6-15(24-3)16(10-14)25-4)11-19-17-7-8-18-21-20-13(2)23(18)22-17/h5-8,10,12H,9,11H2,1-4H3,(H,19,22). The van der Waals surface area contributed by atoms with Crippen LogP contribution in [0.25, 0.3) is 5.65 Å². The largest absolute Gasteiger partial charge is 0.493 e. The minimum Gasteiger partial charge on any atom is -0.493 e. The SMILES string of the molecule is COc1ccc(CC(C)CNc2ccc3nnc(C)n3n2)cc1OC. The molecule has 0 fully saturated rings. The topological polar surface area (TPSA) is 73.6 Å². The lowest BCUT2D eigenvalue weighted by molar-refractivity contribution is 0.354. The molecule has 0 amide bonds. The van der Waals surface area contributed by atoms with E-state index in [1.165, 1.54) is 5.56 Å². The van der Waals surface area contributed by atoms with E-state index >= 15 is 0 Å². The number of hydrogen-bond donors (Lipinski definition) is 1. The molecule has 0 aliphatic rings. The van der Waals surface area contributed by atoms with Crippen LogP contribution < -0.4 is 14.8 Å². The van der Waals surface area contributed by atoms with E-state index in [1.807, 2.05) is 31.2 Å². The van der Waals surface area contributed by atoms with E-state index in [4.69, 9.17) is 9.47 Å². The third-order valence-electron chi connectivity index (χ3n) is 4.08. The van der Waals surface area contributed by atoms with Crippen molar-refractivity contribution >= 4 is 11.5 Å². The highest BCUT2D eigenvalue weighted by Crippen LogP contribution is 2.28. The molecule has 1 N–H and O–H groups in total. The average molecular weight is 341 g/mol. The summed E-state index contributed by atoms with van der Waals surface area (Å²) in [6.07, 6.45) is 0.932. The lowest BCUT2D eigenvalue weighted by Gasteiger charge is -2.15. The highest BCUT2D eigenvalue weighted by Gasteiger charge is 2.09. The molecule has 7 heteroatoms. The second kappa shape index (κ2) is 7.38. The summed E-state index contributed by atoms with van der Waals surface area (Å²) >= 11 is 0. The van der Waals surface area contributed by atoms with Crippen LogP contribution in [0, 0.1) is 12.8 Å². The van der Waals surface area contributed by atoms with Gasteiger partial charge in [0.05, 0.1) is 14.2 Å². The number of benzene rings is 1. The van der Waals surface area contributed by atoms with Crippen molar-refractivity contribution in [3.05, 3.63) is 41.7 Å². The van der Waals surface area contributed by atoms with E-state index in [0.29, 0.717) is 5.92 Å². The molecule has 1 atom stereocenters. The van der Waals surface area contributed by atoms with Crippen LogP contribution in [0.4, 0.5) is 5.82 Å². The van der Waals surface area contributed by atoms with Gasteiger partial charge in [-0.3, -0.25) is 0 Å². The maximum atomic E-state index is 5.37. The lowest BCUT2D eigenvalue weighted by atomic mass is 10.0. The number of methoxy groups -OCH3 is 2. The predicted octanol–water partition coefficient (Wildman–Crippen LogP) is 2.74. The van der Waals surface area contributed by atoms with Crippen LogP contribution in [0.3, 0.4) is 0 Å². The Balaban J connectivity index is 1.62. The first kappa shape index (κ1) is 17.0. The minimum absolute atomic E-state index is 0.428. The van der Waals surface area contributed by atoms with Crippen molar-refractivity contribution in [2.75, 3.05) is 26.1 Å². The molecular formula is C18H23N5O2. The molecule has 25 heavy (non-hydrogen) atoms. The van der Waals surface area contributed by atoms with Crippen LogP contribution in [0.1, 0.15) is 18.3 Å². The van der Waals surface area contributed by atoms with Crippen LogP contribution in [0.15, 0.2) is 30.3 Å². The van der Waals surface area contributed by atoms with Gasteiger partial charge in [0.25, 0.3) is 0 Å². The molecule has 3 rings (SSSR count). The first-order valence-electron chi connectivity index (χ1n) is 8.24. The number of aryl methyl sites for hydroxylation is 1. The number of anilines is 1. The van der Waals surface area contributed by atoms with Gasteiger partial charge in [0.1, 0.15) is 5.82 Å². The molecule has 0 radical (unpaired) electrons. The Bertz CT molecular complexity index is 862. The Morgan fingerprint density at radius 3 is 2.64 bits per heavy atom. The Morgan fingerprint density at radius 1 is 1.08 bits per heavy atom. The molecule has 3 aromatic rings. The fraction of sp³-hybridized carbons (Fsp3) is 0.389. The van der Waals surface area contributed by atoms with Gasteiger partial charge in [0.15, 0.2) is 23.0 Å². The summed E-state index contributed by atoms with van der Waals surface area (Å²) < 4.78 is 12.4. The van der Waals surface area contributed by atoms with Gasteiger partial charge in [-0.1, -0.05) is 13.0 Å². The number of nitrogens with one attached hydrogen (secondary N) is 1. The Hall–Kier alpha value is -2.83. The van der Waals surface area contributed by atoms with Crippen molar-refractivity contribution in [2.24, 2.45) is 5.92 Å². The number of nitrogens with zero attached hydrogens (tertiary/aromatic N) is 4. The predicted molar refractivity (Wildman–Crippen MR) is 96.4 cm³/mol. The summed E-state index contributed by atoms with van der Waals surface area (Å²) in [6.45, 7) is 4.90. The van der Waals surface area contributed by atoms with E-state index in [0.717, 1.165) is 41.8 Å². The molecule has 132 valence electrons. The van der Waals surface area contributed by atoms with Gasteiger partial charge in [-0.05, 0) is 49.1 Å². The van der Waals surface area contributed by atoms with Gasteiger partial charge >= 0.3 is 0 Å². The van der Waals surface area contributed by atoms with Crippen LogP contribution >= 0.6 is 0 Å². The molecule has 1 unspecified atom stereocenters. The number of ether oxygens (including phenoxy) is 2. The van der Waals surface area contributed by atoms with E-state index < -0.39 is 0 Å². The molecule has 0 saturated heterocycles. The maximum absolute atomic E-state index is 5.37. The van der Waals surface area contributed by atoms with E-state index in [2.05, 4.69) is 33.6 Å². The molecule has 1 aromatic carbocycles. The third kappa shape index (κ3) is 3.81. The van der Waals surface area contributed by atoms with Crippen LogP contribution in [0.2, 0.25) is 0 Å². The monoisotopic (exact) mass is 341 g/mol. The lowest BCUT2D eigenvalue weighted by Crippen LogP contribution is -2.15. The number of rotatable bonds is 7. The highest BCUT2D eigenvalue weighted by molar-refractivity contribution is 5.44. The van der Waals surface area contributed by atoms with Crippen molar-refractivity contribution in [1.29, 1.82) is 0 Å². The Labute approximate surface area is 147 Å². The Morgan fingerprint density at radius 2 is 1.88 bits per heavy atom. The fourth-order valence-electron chi connectivity index (χ4n) is 2.75. The molecule has 0 saturated carbocycles. The second-order valence-corrected chi connectivity index (χ2v) is 6.12. The highest BCUT2D eigenvalue weighted by atomic mass is 16.5. The normalized spacial score (nSPS) is 12.2. The zero-order chi connectivity index (χ0) is 17.8. The number of aromatic nitrogens is 4. The van der Waals surface area contributed by atoms with Crippen LogP contribution in [-0.2, 0) is 6.42 Å². The molecular weight excluding hydrogens is 318 g/mol. The number of hydrogen-bond acceptors (Lipinski definition) is 6. The van der Waals surface area contributed by atoms with Crippen LogP contribution in [-0.4, -0.2) is 40.6 Å². The summed E-state index contributed by atoms with van der Waals surface area (Å²) in [5, 5.41) is 15.9. The van der Waals surface area contributed by atoms with Crippen LogP contribution in [0.5, 0.6) is 11.5 Å². The zero-order valence-corrected chi connectivity index (χ0v) is 15.0.